The first-order valence-corrected chi connectivity index (χ1v) is 9.36. The summed E-state index contributed by atoms with van der Waals surface area (Å²) in [5, 5.41) is 5.71. The van der Waals surface area contributed by atoms with Crippen molar-refractivity contribution in [3.05, 3.63) is 48.0 Å². The Balaban J connectivity index is 0.00000364. The number of anilines is 1. The highest BCUT2D eigenvalue weighted by Gasteiger charge is 2.19. The Morgan fingerprint density at radius 3 is 2.67 bits per heavy atom. The van der Waals surface area contributed by atoms with Crippen LogP contribution in [0.5, 0.6) is 0 Å². The molecule has 0 spiro atoms. The molecule has 2 aromatic rings. The van der Waals surface area contributed by atoms with Crippen LogP contribution in [-0.2, 0) is 14.8 Å². The predicted molar refractivity (Wildman–Crippen MR) is 102 cm³/mol. The Morgan fingerprint density at radius 2 is 1.96 bits per heavy atom. The Hall–Kier alpha value is -2.14. The van der Waals surface area contributed by atoms with Crippen molar-refractivity contribution >= 4 is 34.0 Å². The lowest BCUT2D eigenvalue weighted by Gasteiger charge is -2.07. The molecule has 8 nitrogen and oxygen atoms in total. The van der Waals surface area contributed by atoms with Crippen molar-refractivity contribution in [2.45, 2.75) is 4.90 Å². The average molecular weight is 421 g/mol. The van der Waals surface area contributed by atoms with Gasteiger partial charge in [-0.15, -0.1) is 12.4 Å². The van der Waals surface area contributed by atoms with Crippen LogP contribution in [0.4, 0.5) is 10.1 Å². The molecule has 0 atom stereocenters. The molecule has 4 N–H and O–H groups in total. The van der Waals surface area contributed by atoms with Crippen LogP contribution in [0.25, 0.3) is 0 Å². The zero-order valence-electron chi connectivity index (χ0n) is 14.6. The minimum atomic E-state index is -4.01. The second-order valence-electron chi connectivity index (χ2n) is 5.33. The van der Waals surface area contributed by atoms with E-state index in [1.54, 1.807) is 7.11 Å². The molecule has 150 valence electrons. The van der Waals surface area contributed by atoms with Gasteiger partial charge in [-0.3, -0.25) is 9.52 Å². The van der Waals surface area contributed by atoms with Crippen molar-refractivity contribution in [1.29, 1.82) is 0 Å². The molecule has 1 amide bonds. The summed E-state index contributed by atoms with van der Waals surface area (Å²) in [5.41, 5.74) is -0.0716. The summed E-state index contributed by atoms with van der Waals surface area (Å²) in [6, 6.07) is 6.61. The fourth-order valence-corrected chi connectivity index (χ4v) is 3.13. The topological polar surface area (TPSA) is 112 Å². The Labute approximate surface area is 163 Å². The zero-order valence-corrected chi connectivity index (χ0v) is 16.3. The SMILES string of the molecule is COCCNCCNC(=O)c1cc(S(=O)(=O)Nc2ccccc2F)c[nH]1.Cl. The lowest BCUT2D eigenvalue weighted by atomic mass is 10.3. The molecule has 0 saturated carbocycles. The molecule has 0 aliphatic rings. The monoisotopic (exact) mass is 420 g/mol. The second kappa shape index (κ2) is 10.9. The van der Waals surface area contributed by atoms with Crippen LogP contribution in [0.3, 0.4) is 0 Å². The van der Waals surface area contributed by atoms with Crippen molar-refractivity contribution in [2.24, 2.45) is 0 Å². The maximum Gasteiger partial charge on any atom is 0.267 e. The summed E-state index contributed by atoms with van der Waals surface area (Å²) in [6.07, 6.45) is 1.18. The number of benzene rings is 1. The van der Waals surface area contributed by atoms with Crippen LogP contribution in [0.1, 0.15) is 10.5 Å². The number of carbonyl (C=O) groups excluding carboxylic acids is 1. The molecule has 0 saturated heterocycles. The van der Waals surface area contributed by atoms with Crippen LogP contribution in [0.15, 0.2) is 41.4 Å². The van der Waals surface area contributed by atoms with Crippen molar-refractivity contribution in [2.75, 3.05) is 38.1 Å². The van der Waals surface area contributed by atoms with Gasteiger partial charge in [0, 0.05) is 32.9 Å². The summed E-state index contributed by atoms with van der Waals surface area (Å²) in [4.78, 5) is 14.5. The zero-order chi connectivity index (χ0) is 19.0. The number of nitrogens with one attached hydrogen (secondary N) is 4. The number of ether oxygens (including phenoxy) is 1. The van der Waals surface area contributed by atoms with E-state index in [-0.39, 0.29) is 28.7 Å². The predicted octanol–water partition coefficient (Wildman–Crippen LogP) is 1.34. The molecule has 0 aliphatic carbocycles. The van der Waals surface area contributed by atoms with Crippen LogP contribution < -0.4 is 15.4 Å². The van der Waals surface area contributed by atoms with E-state index in [1.807, 2.05) is 0 Å². The minimum absolute atomic E-state index is 0. The first-order chi connectivity index (χ1) is 12.4. The van der Waals surface area contributed by atoms with Crippen LogP contribution >= 0.6 is 12.4 Å². The first kappa shape index (κ1) is 22.9. The molecular weight excluding hydrogens is 399 g/mol. The Kier molecular flexibility index (Phi) is 9.22. The molecule has 2 rings (SSSR count). The van der Waals surface area contributed by atoms with Crippen LogP contribution in [-0.4, -0.2) is 52.7 Å². The molecule has 1 aromatic heterocycles. The van der Waals surface area contributed by atoms with E-state index in [0.29, 0.717) is 26.2 Å². The lowest BCUT2D eigenvalue weighted by molar-refractivity contribution is 0.0949. The number of aromatic amines is 1. The van der Waals surface area contributed by atoms with Gasteiger partial charge in [-0.2, -0.15) is 0 Å². The van der Waals surface area contributed by atoms with Gasteiger partial charge in [0.25, 0.3) is 15.9 Å². The van der Waals surface area contributed by atoms with E-state index in [0.717, 1.165) is 6.07 Å². The molecule has 0 unspecified atom stereocenters. The van der Waals surface area contributed by atoms with Gasteiger partial charge in [-0.25, -0.2) is 12.8 Å². The van der Waals surface area contributed by atoms with Gasteiger partial charge in [-0.1, -0.05) is 12.1 Å². The minimum Gasteiger partial charge on any atom is -0.383 e. The molecule has 0 radical (unpaired) electrons. The third-order valence-electron chi connectivity index (χ3n) is 3.40. The largest absolute Gasteiger partial charge is 0.383 e. The molecule has 1 aromatic carbocycles. The summed E-state index contributed by atoms with van der Waals surface area (Å²) in [7, 11) is -2.41. The third kappa shape index (κ3) is 6.83. The number of para-hydroxylation sites is 1. The smallest absolute Gasteiger partial charge is 0.267 e. The van der Waals surface area contributed by atoms with E-state index in [9.17, 15) is 17.6 Å². The van der Waals surface area contributed by atoms with Crippen molar-refractivity contribution in [3.8, 4) is 0 Å². The number of sulfonamides is 1. The van der Waals surface area contributed by atoms with Gasteiger partial charge in [0.2, 0.25) is 0 Å². The van der Waals surface area contributed by atoms with Crippen molar-refractivity contribution in [1.82, 2.24) is 15.6 Å². The number of carbonyl (C=O) groups is 1. The number of rotatable bonds is 10. The number of aromatic nitrogens is 1. The molecule has 11 heteroatoms. The summed E-state index contributed by atoms with van der Waals surface area (Å²) >= 11 is 0. The number of halogens is 2. The number of amides is 1. The lowest BCUT2D eigenvalue weighted by Crippen LogP contribution is -2.33. The van der Waals surface area contributed by atoms with Gasteiger partial charge in [0.05, 0.1) is 12.3 Å². The highest BCUT2D eigenvalue weighted by Crippen LogP contribution is 2.19. The van der Waals surface area contributed by atoms with Gasteiger partial charge in [0.15, 0.2) is 0 Å². The quantitative estimate of drug-likeness (QED) is 0.433. The Morgan fingerprint density at radius 1 is 1.22 bits per heavy atom. The first-order valence-electron chi connectivity index (χ1n) is 7.87. The summed E-state index contributed by atoms with van der Waals surface area (Å²) < 4.78 is 45.2. The normalized spacial score (nSPS) is 10.9. The fraction of sp³-hybridized carbons (Fsp3) is 0.312. The second-order valence-corrected chi connectivity index (χ2v) is 7.02. The van der Waals surface area contributed by atoms with E-state index in [2.05, 4.69) is 20.3 Å². The van der Waals surface area contributed by atoms with Crippen molar-refractivity contribution in [3.63, 3.8) is 0 Å². The molecule has 1 heterocycles. The van der Waals surface area contributed by atoms with E-state index >= 15 is 0 Å². The number of hydrogen-bond donors (Lipinski definition) is 4. The van der Waals surface area contributed by atoms with E-state index in [1.165, 1.54) is 30.5 Å². The van der Waals surface area contributed by atoms with Crippen LogP contribution in [0, 0.1) is 5.82 Å². The fourth-order valence-electron chi connectivity index (χ4n) is 2.07. The van der Waals surface area contributed by atoms with E-state index < -0.39 is 21.7 Å². The third-order valence-corrected chi connectivity index (χ3v) is 4.74. The van der Waals surface area contributed by atoms with Gasteiger partial charge in [-0.05, 0) is 18.2 Å². The summed E-state index contributed by atoms with van der Waals surface area (Å²) in [6.45, 7) is 2.16. The molecular formula is C16H22ClFN4O4S. The maximum atomic E-state index is 13.6. The van der Waals surface area contributed by atoms with Gasteiger partial charge < -0.3 is 20.4 Å². The average Bonchev–Trinajstić information content (AvgIpc) is 3.11. The number of methoxy groups -OCH3 is 1. The maximum absolute atomic E-state index is 13.6. The molecule has 0 bridgehead atoms. The summed E-state index contributed by atoms with van der Waals surface area (Å²) in [5.74, 6) is -1.13. The Bertz CT molecular complexity index is 844. The molecule has 0 aliphatic heterocycles. The van der Waals surface area contributed by atoms with Gasteiger partial charge >= 0.3 is 0 Å². The number of hydrogen-bond acceptors (Lipinski definition) is 5. The van der Waals surface area contributed by atoms with Crippen LogP contribution in [0.2, 0.25) is 0 Å². The highest BCUT2D eigenvalue weighted by molar-refractivity contribution is 7.92. The molecule has 27 heavy (non-hydrogen) atoms. The highest BCUT2D eigenvalue weighted by atomic mass is 35.5. The van der Waals surface area contributed by atoms with Gasteiger partial charge in [0.1, 0.15) is 16.4 Å². The van der Waals surface area contributed by atoms with Crippen molar-refractivity contribution < 1.29 is 22.3 Å². The van der Waals surface area contributed by atoms with E-state index in [4.69, 9.17) is 4.74 Å². The number of H-pyrrole nitrogens is 1. The standard InChI is InChI=1S/C16H21FN4O4S.ClH/c1-25-9-8-18-6-7-19-16(22)15-10-12(11-20-15)26(23,24)21-14-5-3-2-4-13(14)17;/h2-5,10-11,18,20-21H,6-9H2,1H3,(H,19,22);1H. The molecule has 0 fully saturated rings.